The predicted molar refractivity (Wildman–Crippen MR) is 125 cm³/mol. The van der Waals surface area contributed by atoms with Crippen LogP contribution in [0.25, 0.3) is 0 Å². The van der Waals surface area contributed by atoms with Crippen LogP contribution < -0.4 is 4.57 Å². The average molecular weight is 398 g/mol. The Kier molecular flexibility index (Phi) is 12.5. The normalized spacial score (nSPS) is 11.2. The molecule has 1 heterocycles. The van der Waals surface area contributed by atoms with Crippen molar-refractivity contribution in [2.24, 2.45) is 0 Å². The van der Waals surface area contributed by atoms with Crippen molar-refractivity contribution >= 4 is 0 Å². The van der Waals surface area contributed by atoms with Crippen molar-refractivity contribution in [3.8, 4) is 0 Å². The molecule has 0 unspecified atom stereocenters. The summed E-state index contributed by atoms with van der Waals surface area (Å²) in [7, 11) is 0. The van der Waals surface area contributed by atoms with Gasteiger partial charge in [-0.2, -0.15) is 0 Å². The lowest BCUT2D eigenvalue weighted by Crippen LogP contribution is -2.37. The maximum atomic E-state index is 2.56. The predicted octanol–water partition coefficient (Wildman–Crippen LogP) is 7.28. The first-order valence-corrected chi connectivity index (χ1v) is 12.5. The van der Waals surface area contributed by atoms with Crippen molar-refractivity contribution in [1.29, 1.82) is 0 Å². The van der Waals surface area contributed by atoms with Crippen LogP contribution in [0.1, 0.15) is 102 Å². The minimum atomic E-state index is 1.14. The number of aryl methyl sites for hydroxylation is 3. The molecule has 2 nitrogen and oxygen atoms in total. The number of unbranched alkanes of at least 4 members (excludes halogenated alkanes) is 9. The van der Waals surface area contributed by atoms with Crippen LogP contribution in [0.3, 0.4) is 0 Å². The Hall–Kier alpha value is -1.57. The van der Waals surface area contributed by atoms with E-state index in [0.29, 0.717) is 0 Å². The molecule has 1 aromatic heterocycles. The van der Waals surface area contributed by atoms with Crippen LogP contribution in [-0.4, -0.2) is 4.57 Å². The van der Waals surface area contributed by atoms with Crippen LogP contribution in [0.4, 0.5) is 0 Å². The topological polar surface area (TPSA) is 8.81 Å². The van der Waals surface area contributed by atoms with Crippen molar-refractivity contribution in [1.82, 2.24) is 4.57 Å². The zero-order valence-electron chi connectivity index (χ0n) is 19.2. The molecule has 1 aromatic carbocycles. The molecule has 0 bridgehead atoms. The van der Waals surface area contributed by atoms with Gasteiger partial charge in [-0.1, -0.05) is 95.5 Å². The van der Waals surface area contributed by atoms with E-state index in [1.807, 2.05) is 0 Å². The van der Waals surface area contributed by atoms with Gasteiger partial charge in [-0.05, 0) is 37.7 Å². The Morgan fingerprint density at radius 3 is 2.07 bits per heavy atom. The van der Waals surface area contributed by atoms with Gasteiger partial charge in [-0.3, -0.25) is 0 Å². The number of rotatable bonds is 17. The van der Waals surface area contributed by atoms with Gasteiger partial charge in [0.25, 0.3) is 5.82 Å². The molecule has 0 spiro atoms. The fourth-order valence-electron chi connectivity index (χ4n) is 4.24. The molecule has 0 saturated heterocycles. The third-order valence-electron chi connectivity index (χ3n) is 6.05. The number of benzene rings is 1. The number of aromatic nitrogens is 2. The lowest BCUT2D eigenvalue weighted by atomic mass is 10.1. The van der Waals surface area contributed by atoms with E-state index >= 15 is 0 Å². The minimum Gasteiger partial charge on any atom is -0.234 e. The van der Waals surface area contributed by atoms with E-state index in [4.69, 9.17) is 0 Å². The zero-order valence-corrected chi connectivity index (χ0v) is 19.2. The van der Waals surface area contributed by atoms with E-state index in [9.17, 15) is 0 Å². The van der Waals surface area contributed by atoms with E-state index in [1.165, 1.54) is 102 Å². The molecular weight excluding hydrogens is 352 g/mol. The summed E-state index contributed by atoms with van der Waals surface area (Å²) in [5.74, 6) is 1.56. The summed E-state index contributed by atoms with van der Waals surface area (Å²) < 4.78 is 5.10. The Morgan fingerprint density at radius 1 is 0.690 bits per heavy atom. The Labute approximate surface area is 180 Å². The summed E-state index contributed by atoms with van der Waals surface area (Å²) in [4.78, 5) is 0. The van der Waals surface area contributed by atoms with Crippen LogP contribution in [0.2, 0.25) is 0 Å². The maximum Gasteiger partial charge on any atom is 0.256 e. The smallest absolute Gasteiger partial charge is 0.234 e. The lowest BCUT2D eigenvalue weighted by Gasteiger charge is -2.07. The first-order valence-electron chi connectivity index (χ1n) is 12.5. The number of hydrogen-bond acceptors (Lipinski definition) is 0. The van der Waals surface area contributed by atoms with Gasteiger partial charge in [0, 0.05) is 6.42 Å². The first kappa shape index (κ1) is 23.7. The van der Waals surface area contributed by atoms with Gasteiger partial charge < -0.3 is 0 Å². The molecule has 0 aliphatic rings. The third-order valence-corrected chi connectivity index (χ3v) is 6.05. The highest BCUT2D eigenvalue weighted by Crippen LogP contribution is 2.11. The van der Waals surface area contributed by atoms with E-state index in [2.05, 4.69) is 65.7 Å². The standard InChI is InChI=1S/C27H45N2/c1-3-5-7-9-10-15-21-27-28(22-16-11-8-6-4-2)24-25-29(27)23-17-20-26-18-13-12-14-19-26/h12-14,18-19,24-25H,3-11,15-17,20-23H2,1-2H3/q+1. The van der Waals surface area contributed by atoms with Gasteiger partial charge in [0.05, 0.1) is 13.1 Å². The summed E-state index contributed by atoms with van der Waals surface area (Å²) in [5.41, 5.74) is 1.46. The molecule has 2 rings (SSSR count). The third kappa shape index (κ3) is 9.65. The fraction of sp³-hybridized carbons (Fsp3) is 0.667. The second kappa shape index (κ2) is 15.3. The Morgan fingerprint density at radius 2 is 1.34 bits per heavy atom. The quantitative estimate of drug-likeness (QED) is 0.196. The van der Waals surface area contributed by atoms with Crippen LogP contribution in [0, 0.1) is 0 Å². The number of hydrogen-bond donors (Lipinski definition) is 0. The van der Waals surface area contributed by atoms with E-state index in [-0.39, 0.29) is 0 Å². The van der Waals surface area contributed by atoms with Gasteiger partial charge >= 0.3 is 0 Å². The second-order valence-electron chi connectivity index (χ2n) is 8.62. The molecule has 0 amide bonds. The van der Waals surface area contributed by atoms with Gasteiger partial charge in [0.15, 0.2) is 0 Å². The fourth-order valence-corrected chi connectivity index (χ4v) is 4.24. The molecule has 29 heavy (non-hydrogen) atoms. The van der Waals surface area contributed by atoms with Crippen molar-refractivity contribution in [2.45, 2.75) is 117 Å². The van der Waals surface area contributed by atoms with Crippen molar-refractivity contribution in [3.05, 3.63) is 54.1 Å². The van der Waals surface area contributed by atoms with Crippen LogP contribution in [0.5, 0.6) is 0 Å². The number of nitrogens with zero attached hydrogens (tertiary/aromatic N) is 2. The zero-order chi connectivity index (χ0) is 20.6. The van der Waals surface area contributed by atoms with Crippen molar-refractivity contribution < 1.29 is 4.57 Å². The van der Waals surface area contributed by atoms with Gasteiger partial charge in [-0.15, -0.1) is 0 Å². The van der Waals surface area contributed by atoms with E-state index < -0.39 is 0 Å². The Bertz CT molecular complexity index is 629. The second-order valence-corrected chi connectivity index (χ2v) is 8.62. The maximum absolute atomic E-state index is 2.56. The molecule has 2 aromatic rings. The summed E-state index contributed by atoms with van der Waals surface area (Å²) in [6, 6.07) is 10.9. The average Bonchev–Trinajstić information content (AvgIpc) is 3.13. The monoisotopic (exact) mass is 397 g/mol. The van der Waals surface area contributed by atoms with Crippen LogP contribution >= 0.6 is 0 Å². The van der Waals surface area contributed by atoms with Crippen LogP contribution in [0.15, 0.2) is 42.7 Å². The molecule has 0 fully saturated rings. The molecule has 0 atom stereocenters. The molecule has 0 N–H and O–H groups in total. The summed E-state index contributed by atoms with van der Waals surface area (Å²) >= 11 is 0. The van der Waals surface area contributed by atoms with Crippen molar-refractivity contribution in [3.63, 3.8) is 0 Å². The molecular formula is C27H45N2+. The SMILES string of the molecule is CCCCCCCCc1n(CCCCCCC)cc[n+]1CCCc1ccccc1. The molecule has 0 radical (unpaired) electrons. The highest BCUT2D eigenvalue weighted by atomic mass is 15.1. The molecule has 0 aliphatic carbocycles. The molecule has 0 aliphatic heterocycles. The van der Waals surface area contributed by atoms with Crippen LogP contribution in [-0.2, 0) is 25.9 Å². The molecule has 2 heteroatoms. The van der Waals surface area contributed by atoms with Gasteiger partial charge in [0.2, 0.25) is 0 Å². The van der Waals surface area contributed by atoms with Gasteiger partial charge in [-0.25, -0.2) is 9.13 Å². The first-order chi connectivity index (χ1) is 14.3. The summed E-state index contributed by atoms with van der Waals surface area (Å²) in [5, 5.41) is 0. The minimum absolute atomic E-state index is 1.14. The van der Waals surface area contributed by atoms with E-state index in [0.717, 1.165) is 6.54 Å². The number of imidazole rings is 1. The highest BCUT2D eigenvalue weighted by Gasteiger charge is 2.16. The lowest BCUT2D eigenvalue weighted by molar-refractivity contribution is -0.704. The van der Waals surface area contributed by atoms with Crippen molar-refractivity contribution in [2.75, 3.05) is 0 Å². The largest absolute Gasteiger partial charge is 0.256 e. The summed E-state index contributed by atoms with van der Waals surface area (Å²) in [6.07, 6.45) is 23.4. The molecule has 0 saturated carbocycles. The Balaban J connectivity index is 1.85. The van der Waals surface area contributed by atoms with Gasteiger partial charge in [0.1, 0.15) is 12.4 Å². The van der Waals surface area contributed by atoms with E-state index in [1.54, 1.807) is 5.82 Å². The summed E-state index contributed by atoms with van der Waals surface area (Å²) in [6.45, 7) is 6.93. The highest BCUT2D eigenvalue weighted by molar-refractivity contribution is 5.14. The molecule has 162 valence electrons.